The fourth-order valence-electron chi connectivity index (χ4n) is 1.54. The first-order chi connectivity index (χ1) is 6.25. The molecule has 0 bridgehead atoms. The van der Waals surface area contributed by atoms with E-state index in [9.17, 15) is 0 Å². The van der Waals surface area contributed by atoms with Crippen molar-refractivity contribution in [2.24, 2.45) is 0 Å². The standard InChI is InChI=1S/C9H13N3S/c1-6-5-8(10)12-9(11-6)7-3-2-4-13-7/h5,7H,2-4H2,1H3,(H2,10,11,12). The summed E-state index contributed by atoms with van der Waals surface area (Å²) >= 11 is 1.93. The molecule has 2 heterocycles. The summed E-state index contributed by atoms with van der Waals surface area (Å²) in [5, 5.41) is 0.474. The number of anilines is 1. The van der Waals surface area contributed by atoms with Crippen LogP contribution in [-0.2, 0) is 0 Å². The van der Waals surface area contributed by atoms with E-state index in [0.29, 0.717) is 11.1 Å². The maximum absolute atomic E-state index is 5.67. The van der Waals surface area contributed by atoms with E-state index in [1.165, 1.54) is 18.6 Å². The summed E-state index contributed by atoms with van der Waals surface area (Å²) in [6.45, 7) is 1.96. The van der Waals surface area contributed by atoms with Crippen molar-refractivity contribution < 1.29 is 0 Å². The highest BCUT2D eigenvalue weighted by Crippen LogP contribution is 2.38. The third kappa shape index (κ3) is 1.94. The molecule has 13 heavy (non-hydrogen) atoms. The predicted molar refractivity (Wildman–Crippen MR) is 55.6 cm³/mol. The van der Waals surface area contributed by atoms with Crippen LogP contribution in [0.25, 0.3) is 0 Å². The number of thioether (sulfide) groups is 1. The molecular formula is C9H13N3S. The van der Waals surface area contributed by atoms with E-state index in [1.807, 2.05) is 24.8 Å². The van der Waals surface area contributed by atoms with Crippen LogP contribution in [-0.4, -0.2) is 15.7 Å². The molecule has 0 amide bonds. The van der Waals surface area contributed by atoms with Crippen LogP contribution in [0.15, 0.2) is 6.07 Å². The quantitative estimate of drug-likeness (QED) is 0.744. The minimum absolute atomic E-state index is 0.474. The Bertz CT molecular complexity index is 287. The number of aromatic nitrogens is 2. The fraction of sp³-hybridized carbons (Fsp3) is 0.556. The summed E-state index contributed by atoms with van der Waals surface area (Å²) in [5.41, 5.74) is 6.63. The molecule has 1 aromatic heterocycles. The Balaban J connectivity index is 2.28. The highest BCUT2D eigenvalue weighted by Gasteiger charge is 2.20. The van der Waals surface area contributed by atoms with Gasteiger partial charge in [-0.15, -0.1) is 0 Å². The largest absolute Gasteiger partial charge is 0.384 e. The number of aryl methyl sites for hydroxylation is 1. The van der Waals surface area contributed by atoms with E-state index >= 15 is 0 Å². The maximum atomic E-state index is 5.67. The van der Waals surface area contributed by atoms with Crippen LogP contribution >= 0.6 is 11.8 Å². The summed E-state index contributed by atoms with van der Waals surface area (Å²) in [5.74, 6) is 2.73. The molecule has 1 atom stereocenters. The summed E-state index contributed by atoms with van der Waals surface area (Å²) < 4.78 is 0. The van der Waals surface area contributed by atoms with E-state index in [-0.39, 0.29) is 0 Å². The lowest BCUT2D eigenvalue weighted by Gasteiger charge is -2.07. The van der Waals surface area contributed by atoms with Crippen molar-refractivity contribution in [3.8, 4) is 0 Å². The number of nitrogens with two attached hydrogens (primary N) is 1. The smallest absolute Gasteiger partial charge is 0.143 e. The van der Waals surface area contributed by atoms with Crippen LogP contribution in [0.4, 0.5) is 5.82 Å². The predicted octanol–water partition coefficient (Wildman–Crippen LogP) is 1.94. The molecule has 1 fully saturated rings. The van der Waals surface area contributed by atoms with Gasteiger partial charge in [0.25, 0.3) is 0 Å². The summed E-state index contributed by atoms with van der Waals surface area (Å²) in [4.78, 5) is 8.67. The Kier molecular flexibility index (Phi) is 2.40. The average molecular weight is 195 g/mol. The molecule has 0 aromatic carbocycles. The van der Waals surface area contributed by atoms with Crippen LogP contribution in [0.1, 0.15) is 29.6 Å². The molecule has 1 saturated heterocycles. The van der Waals surface area contributed by atoms with Gasteiger partial charge in [-0.2, -0.15) is 11.8 Å². The van der Waals surface area contributed by atoms with Gasteiger partial charge in [0.05, 0.1) is 5.25 Å². The zero-order valence-electron chi connectivity index (χ0n) is 7.66. The van der Waals surface area contributed by atoms with Gasteiger partial charge in [0.2, 0.25) is 0 Å². The van der Waals surface area contributed by atoms with Crippen LogP contribution in [0.5, 0.6) is 0 Å². The highest BCUT2D eigenvalue weighted by atomic mass is 32.2. The highest BCUT2D eigenvalue weighted by molar-refractivity contribution is 7.99. The molecule has 70 valence electrons. The van der Waals surface area contributed by atoms with Gasteiger partial charge < -0.3 is 5.73 Å². The number of rotatable bonds is 1. The lowest BCUT2D eigenvalue weighted by Crippen LogP contribution is -2.03. The van der Waals surface area contributed by atoms with Crippen LogP contribution in [0.3, 0.4) is 0 Å². The molecule has 1 aliphatic rings. The van der Waals surface area contributed by atoms with Crippen molar-refractivity contribution in [1.29, 1.82) is 0 Å². The van der Waals surface area contributed by atoms with Crippen LogP contribution < -0.4 is 5.73 Å². The lowest BCUT2D eigenvalue weighted by atomic mass is 10.2. The molecule has 1 unspecified atom stereocenters. The SMILES string of the molecule is Cc1cc(N)nc(C2CCCS2)n1. The molecule has 0 radical (unpaired) electrons. The number of nitrogens with zero attached hydrogens (tertiary/aromatic N) is 2. The van der Waals surface area contributed by atoms with Gasteiger partial charge in [0, 0.05) is 11.8 Å². The molecular weight excluding hydrogens is 182 g/mol. The molecule has 4 heteroatoms. The van der Waals surface area contributed by atoms with Gasteiger partial charge in [-0.1, -0.05) is 0 Å². The van der Waals surface area contributed by atoms with Crippen molar-refractivity contribution in [2.45, 2.75) is 25.0 Å². The van der Waals surface area contributed by atoms with Crippen molar-refractivity contribution in [2.75, 3.05) is 11.5 Å². The van der Waals surface area contributed by atoms with E-state index in [2.05, 4.69) is 9.97 Å². The third-order valence-electron chi connectivity index (χ3n) is 2.11. The second-order valence-electron chi connectivity index (χ2n) is 3.29. The van der Waals surface area contributed by atoms with E-state index < -0.39 is 0 Å². The Labute approximate surface area is 82.2 Å². The molecule has 1 aliphatic heterocycles. The average Bonchev–Trinajstić information content (AvgIpc) is 2.53. The van der Waals surface area contributed by atoms with Crippen molar-refractivity contribution in [3.05, 3.63) is 17.6 Å². The first-order valence-corrected chi connectivity index (χ1v) is 5.53. The van der Waals surface area contributed by atoms with E-state index in [0.717, 1.165) is 11.5 Å². The first kappa shape index (κ1) is 8.81. The second-order valence-corrected chi connectivity index (χ2v) is 4.60. The van der Waals surface area contributed by atoms with E-state index in [1.54, 1.807) is 0 Å². The molecule has 2 rings (SSSR count). The second kappa shape index (κ2) is 3.54. The normalized spacial score (nSPS) is 22.1. The van der Waals surface area contributed by atoms with Gasteiger partial charge in [0.1, 0.15) is 11.6 Å². The molecule has 0 saturated carbocycles. The van der Waals surface area contributed by atoms with Crippen molar-refractivity contribution >= 4 is 17.6 Å². The van der Waals surface area contributed by atoms with Crippen molar-refractivity contribution in [3.63, 3.8) is 0 Å². The minimum Gasteiger partial charge on any atom is -0.384 e. The summed E-state index contributed by atoms with van der Waals surface area (Å²) in [6, 6.07) is 1.81. The zero-order valence-corrected chi connectivity index (χ0v) is 8.47. The Morgan fingerprint density at radius 1 is 1.54 bits per heavy atom. The zero-order chi connectivity index (χ0) is 9.26. The number of nitrogen functional groups attached to an aromatic ring is 1. The lowest BCUT2D eigenvalue weighted by molar-refractivity contribution is 0.773. The number of hydrogen-bond acceptors (Lipinski definition) is 4. The van der Waals surface area contributed by atoms with Gasteiger partial charge in [-0.25, -0.2) is 9.97 Å². The van der Waals surface area contributed by atoms with Gasteiger partial charge >= 0.3 is 0 Å². The molecule has 2 N–H and O–H groups in total. The molecule has 1 aromatic rings. The Morgan fingerprint density at radius 3 is 3.00 bits per heavy atom. The summed E-state index contributed by atoms with van der Waals surface area (Å²) in [6.07, 6.45) is 2.46. The monoisotopic (exact) mass is 195 g/mol. The number of hydrogen-bond donors (Lipinski definition) is 1. The topological polar surface area (TPSA) is 51.8 Å². The third-order valence-corrected chi connectivity index (χ3v) is 3.48. The Hall–Kier alpha value is -0.770. The first-order valence-electron chi connectivity index (χ1n) is 4.48. The van der Waals surface area contributed by atoms with Gasteiger partial charge in [0.15, 0.2) is 0 Å². The maximum Gasteiger partial charge on any atom is 0.143 e. The molecule has 0 aliphatic carbocycles. The molecule has 3 nitrogen and oxygen atoms in total. The Morgan fingerprint density at radius 2 is 2.38 bits per heavy atom. The van der Waals surface area contributed by atoms with E-state index in [4.69, 9.17) is 5.73 Å². The van der Waals surface area contributed by atoms with Gasteiger partial charge in [-0.05, 0) is 25.5 Å². The van der Waals surface area contributed by atoms with Gasteiger partial charge in [-0.3, -0.25) is 0 Å². The summed E-state index contributed by atoms with van der Waals surface area (Å²) in [7, 11) is 0. The molecule has 0 spiro atoms. The fourth-order valence-corrected chi connectivity index (χ4v) is 2.75. The van der Waals surface area contributed by atoms with Crippen LogP contribution in [0.2, 0.25) is 0 Å². The van der Waals surface area contributed by atoms with Crippen LogP contribution in [0, 0.1) is 6.92 Å². The van der Waals surface area contributed by atoms with Crippen molar-refractivity contribution in [1.82, 2.24) is 9.97 Å². The minimum atomic E-state index is 0.474.